The first-order valence-corrected chi connectivity index (χ1v) is 6.00. The highest BCUT2D eigenvalue weighted by Gasteiger charge is 2.26. The van der Waals surface area contributed by atoms with E-state index < -0.39 is 6.09 Å². The van der Waals surface area contributed by atoms with Gasteiger partial charge in [0.1, 0.15) is 0 Å². The van der Waals surface area contributed by atoms with E-state index in [2.05, 4.69) is 25.9 Å². The Kier molecular flexibility index (Phi) is 4.32. The van der Waals surface area contributed by atoms with E-state index in [1.807, 2.05) is 0 Å². The molecule has 0 saturated carbocycles. The van der Waals surface area contributed by atoms with E-state index in [1.54, 1.807) is 0 Å². The van der Waals surface area contributed by atoms with Crippen LogP contribution in [0, 0.1) is 5.41 Å². The third kappa shape index (κ3) is 4.35. The van der Waals surface area contributed by atoms with Gasteiger partial charge >= 0.3 is 6.09 Å². The van der Waals surface area contributed by atoms with Gasteiger partial charge in [-0.1, -0.05) is 20.8 Å². The molecule has 1 rings (SSSR count). The monoisotopic (exact) mass is 255 g/mol. The van der Waals surface area contributed by atoms with Crippen LogP contribution in [0.1, 0.15) is 33.6 Å². The van der Waals surface area contributed by atoms with Gasteiger partial charge in [0.25, 0.3) is 0 Å². The molecular weight excluding hydrogens is 234 g/mol. The van der Waals surface area contributed by atoms with E-state index in [4.69, 9.17) is 5.11 Å². The maximum Gasteiger partial charge on any atom is 0.407 e. The quantitative estimate of drug-likeness (QED) is 0.829. The van der Waals surface area contributed by atoms with Crippen molar-refractivity contribution in [2.24, 2.45) is 10.5 Å². The molecular formula is C12H21N3O3. The molecule has 6 nitrogen and oxygen atoms in total. The van der Waals surface area contributed by atoms with Gasteiger partial charge in [-0.15, -0.1) is 0 Å². The Hall–Kier alpha value is -1.59. The van der Waals surface area contributed by atoms with Crippen LogP contribution in [0.25, 0.3) is 0 Å². The Morgan fingerprint density at radius 1 is 1.50 bits per heavy atom. The van der Waals surface area contributed by atoms with Gasteiger partial charge in [-0.2, -0.15) is 5.10 Å². The fourth-order valence-corrected chi connectivity index (χ4v) is 1.57. The van der Waals surface area contributed by atoms with Crippen LogP contribution in [0.2, 0.25) is 0 Å². The Morgan fingerprint density at radius 3 is 2.61 bits per heavy atom. The maximum atomic E-state index is 11.7. The number of carbonyl (C=O) groups excluding carboxylic acids is 1. The molecule has 2 amide bonds. The van der Waals surface area contributed by atoms with E-state index in [1.165, 1.54) is 12.1 Å². The fraction of sp³-hybridized carbons (Fsp3) is 0.750. The summed E-state index contributed by atoms with van der Waals surface area (Å²) in [7, 11) is 1.47. The summed E-state index contributed by atoms with van der Waals surface area (Å²) in [5, 5.41) is 14.4. The number of hydrogen-bond acceptors (Lipinski definition) is 3. The molecule has 0 aliphatic carbocycles. The molecule has 0 aromatic heterocycles. The summed E-state index contributed by atoms with van der Waals surface area (Å²) in [4.78, 5) is 23.5. The van der Waals surface area contributed by atoms with Crippen molar-refractivity contribution in [3.63, 3.8) is 0 Å². The highest BCUT2D eigenvalue weighted by molar-refractivity contribution is 6.06. The van der Waals surface area contributed by atoms with Gasteiger partial charge in [0.05, 0.1) is 18.7 Å². The van der Waals surface area contributed by atoms with E-state index in [0.717, 1.165) is 11.3 Å². The van der Waals surface area contributed by atoms with Crippen LogP contribution in [-0.4, -0.2) is 52.9 Å². The number of nitrogens with zero attached hydrogens (tertiary/aromatic N) is 3. The van der Waals surface area contributed by atoms with Crippen LogP contribution in [0.5, 0.6) is 0 Å². The van der Waals surface area contributed by atoms with Crippen LogP contribution in [0.15, 0.2) is 5.10 Å². The normalized spacial score (nSPS) is 15.9. The molecule has 0 spiro atoms. The van der Waals surface area contributed by atoms with Crippen LogP contribution in [-0.2, 0) is 4.79 Å². The molecule has 0 fully saturated rings. The molecule has 18 heavy (non-hydrogen) atoms. The molecule has 1 heterocycles. The first-order chi connectivity index (χ1) is 8.19. The lowest BCUT2D eigenvalue weighted by Gasteiger charge is -2.20. The summed E-state index contributed by atoms with van der Waals surface area (Å²) in [6.07, 6.45) is 0.0739. The van der Waals surface area contributed by atoms with Crippen LogP contribution >= 0.6 is 0 Å². The third-order valence-electron chi connectivity index (χ3n) is 2.73. The van der Waals surface area contributed by atoms with Crippen molar-refractivity contribution in [2.75, 3.05) is 20.1 Å². The van der Waals surface area contributed by atoms with Crippen LogP contribution < -0.4 is 0 Å². The summed E-state index contributed by atoms with van der Waals surface area (Å²) in [5.41, 5.74) is 0.759. The van der Waals surface area contributed by atoms with Crippen LogP contribution in [0.3, 0.4) is 0 Å². The predicted octanol–water partition coefficient (Wildman–Crippen LogP) is 1.62. The van der Waals surface area contributed by atoms with Gasteiger partial charge in [0, 0.05) is 13.6 Å². The number of amides is 2. The van der Waals surface area contributed by atoms with Crippen molar-refractivity contribution in [1.82, 2.24) is 9.91 Å². The average Bonchev–Trinajstić information content (AvgIpc) is 2.54. The smallest absolute Gasteiger partial charge is 0.407 e. The fourth-order valence-electron chi connectivity index (χ4n) is 1.57. The molecule has 6 heteroatoms. The molecule has 0 aromatic carbocycles. The highest BCUT2D eigenvalue weighted by Crippen LogP contribution is 2.20. The van der Waals surface area contributed by atoms with E-state index in [9.17, 15) is 9.59 Å². The molecule has 102 valence electrons. The van der Waals surface area contributed by atoms with Crippen LogP contribution in [0.4, 0.5) is 4.79 Å². The van der Waals surface area contributed by atoms with E-state index in [0.29, 0.717) is 12.3 Å². The number of carboxylic acid groups (broad SMARTS) is 1. The molecule has 1 aliphatic heterocycles. The lowest BCUT2D eigenvalue weighted by atomic mass is 9.92. The predicted molar refractivity (Wildman–Crippen MR) is 68.5 cm³/mol. The number of rotatable bonds is 4. The Morgan fingerprint density at radius 2 is 2.11 bits per heavy atom. The molecule has 0 aromatic rings. The second kappa shape index (κ2) is 5.37. The summed E-state index contributed by atoms with van der Waals surface area (Å²) in [5.74, 6) is -0.0481. The molecule has 0 bridgehead atoms. The summed E-state index contributed by atoms with van der Waals surface area (Å²) < 4.78 is 0. The Labute approximate surface area is 107 Å². The van der Waals surface area contributed by atoms with Gasteiger partial charge in [0.15, 0.2) is 0 Å². The average molecular weight is 255 g/mol. The highest BCUT2D eigenvalue weighted by atomic mass is 16.4. The zero-order valence-corrected chi connectivity index (χ0v) is 11.4. The standard InChI is InChI=1S/C12H21N3O3/c1-12(2,3)5-6-15-10(16)7-9(13-15)8-14(4)11(17)18/h5-8H2,1-4H3,(H,17,18). The van der Waals surface area contributed by atoms with Crippen molar-refractivity contribution in [3.8, 4) is 0 Å². The summed E-state index contributed by atoms with van der Waals surface area (Å²) >= 11 is 0. The van der Waals surface area contributed by atoms with Crippen molar-refractivity contribution in [3.05, 3.63) is 0 Å². The topological polar surface area (TPSA) is 73.2 Å². The minimum atomic E-state index is -1.02. The second-order valence-electron chi connectivity index (χ2n) is 5.81. The number of carbonyl (C=O) groups is 2. The minimum Gasteiger partial charge on any atom is -0.465 e. The van der Waals surface area contributed by atoms with Crippen molar-refractivity contribution >= 4 is 17.7 Å². The Balaban J connectivity index is 2.54. The molecule has 0 radical (unpaired) electrons. The zero-order valence-electron chi connectivity index (χ0n) is 11.4. The van der Waals surface area contributed by atoms with E-state index >= 15 is 0 Å². The molecule has 0 saturated heterocycles. The minimum absolute atomic E-state index is 0.0481. The maximum absolute atomic E-state index is 11.7. The first-order valence-electron chi connectivity index (χ1n) is 6.00. The van der Waals surface area contributed by atoms with E-state index in [-0.39, 0.29) is 24.3 Å². The Bertz CT molecular complexity index is 371. The van der Waals surface area contributed by atoms with Gasteiger partial charge in [0.2, 0.25) is 5.91 Å². The lowest BCUT2D eigenvalue weighted by molar-refractivity contribution is -0.128. The molecule has 0 unspecified atom stereocenters. The second-order valence-corrected chi connectivity index (χ2v) is 5.81. The summed E-state index contributed by atoms with van der Waals surface area (Å²) in [6.45, 7) is 7.10. The van der Waals surface area contributed by atoms with Crippen molar-refractivity contribution in [1.29, 1.82) is 0 Å². The van der Waals surface area contributed by atoms with Gasteiger partial charge in [-0.05, 0) is 11.8 Å². The number of hydrazone groups is 1. The third-order valence-corrected chi connectivity index (χ3v) is 2.73. The first kappa shape index (κ1) is 14.5. The summed E-state index contributed by atoms with van der Waals surface area (Å²) in [6, 6.07) is 0. The largest absolute Gasteiger partial charge is 0.465 e. The lowest BCUT2D eigenvalue weighted by Crippen LogP contribution is -2.30. The van der Waals surface area contributed by atoms with Gasteiger partial charge in [-0.25, -0.2) is 9.80 Å². The SMILES string of the molecule is CN(CC1=NN(CCC(C)(C)C)C(=O)C1)C(=O)O. The molecule has 0 atom stereocenters. The molecule has 1 aliphatic rings. The zero-order chi connectivity index (χ0) is 13.9. The van der Waals surface area contributed by atoms with Gasteiger partial charge in [-0.3, -0.25) is 4.79 Å². The van der Waals surface area contributed by atoms with Crippen molar-refractivity contribution < 1.29 is 14.7 Å². The van der Waals surface area contributed by atoms with Gasteiger partial charge < -0.3 is 10.0 Å². The molecule has 1 N–H and O–H groups in total. The van der Waals surface area contributed by atoms with Crippen molar-refractivity contribution in [2.45, 2.75) is 33.6 Å². The number of hydrogen-bond donors (Lipinski definition) is 1.